The molecule has 0 aliphatic rings. The van der Waals surface area contributed by atoms with Crippen molar-refractivity contribution in [3.05, 3.63) is 50.6 Å². The SMILES string of the molecule is Nc1nc[nH]c1-c1nc(C(F)(F)F)c(Oc2ccc(Cl)c(Cl)c2)c(=O)[nH]1. The molecule has 0 spiro atoms. The van der Waals surface area contributed by atoms with E-state index in [1.165, 1.54) is 18.2 Å². The third kappa shape index (κ3) is 3.46. The van der Waals surface area contributed by atoms with E-state index in [0.717, 1.165) is 6.33 Å². The lowest BCUT2D eigenvalue weighted by molar-refractivity contribution is -0.142. The van der Waals surface area contributed by atoms with Crippen molar-refractivity contribution >= 4 is 29.0 Å². The molecule has 0 amide bonds. The van der Waals surface area contributed by atoms with Gasteiger partial charge in [-0.1, -0.05) is 23.2 Å². The number of halogens is 5. The molecule has 2 heterocycles. The third-order valence-electron chi connectivity index (χ3n) is 3.16. The van der Waals surface area contributed by atoms with Gasteiger partial charge in [-0.3, -0.25) is 4.79 Å². The molecular formula is C14H8Cl2F3N5O2. The summed E-state index contributed by atoms with van der Waals surface area (Å²) in [6.07, 6.45) is -3.82. The molecule has 3 aromatic rings. The molecule has 4 N–H and O–H groups in total. The summed E-state index contributed by atoms with van der Waals surface area (Å²) in [7, 11) is 0. The molecule has 12 heteroatoms. The van der Waals surface area contributed by atoms with Gasteiger partial charge < -0.3 is 20.4 Å². The Labute approximate surface area is 152 Å². The molecule has 26 heavy (non-hydrogen) atoms. The smallest absolute Gasteiger partial charge is 0.437 e. The third-order valence-corrected chi connectivity index (χ3v) is 3.90. The predicted octanol–water partition coefficient (Wildman–Crippen LogP) is 3.86. The first kappa shape index (κ1) is 18.1. The van der Waals surface area contributed by atoms with Crippen molar-refractivity contribution in [1.29, 1.82) is 0 Å². The predicted molar refractivity (Wildman–Crippen MR) is 88.4 cm³/mol. The zero-order valence-electron chi connectivity index (χ0n) is 12.5. The minimum atomic E-state index is -4.97. The second-order valence-electron chi connectivity index (χ2n) is 4.93. The molecule has 0 radical (unpaired) electrons. The first-order valence-corrected chi connectivity index (χ1v) is 7.56. The summed E-state index contributed by atoms with van der Waals surface area (Å²) < 4.78 is 45.3. The minimum Gasteiger partial charge on any atom is -0.449 e. The molecular weight excluding hydrogens is 398 g/mol. The number of rotatable bonds is 3. The lowest BCUT2D eigenvalue weighted by Crippen LogP contribution is -2.21. The quantitative estimate of drug-likeness (QED) is 0.612. The summed E-state index contributed by atoms with van der Waals surface area (Å²) in [5.74, 6) is -1.72. The Morgan fingerprint density at radius 3 is 2.50 bits per heavy atom. The summed E-state index contributed by atoms with van der Waals surface area (Å²) in [4.78, 5) is 24.0. The number of hydrogen-bond donors (Lipinski definition) is 3. The van der Waals surface area contributed by atoms with E-state index in [4.69, 9.17) is 33.7 Å². The van der Waals surface area contributed by atoms with Gasteiger partial charge >= 0.3 is 6.18 Å². The van der Waals surface area contributed by atoms with Crippen LogP contribution >= 0.6 is 23.2 Å². The summed E-state index contributed by atoms with van der Waals surface area (Å²) in [6.45, 7) is 0. The molecule has 0 aliphatic heterocycles. The van der Waals surface area contributed by atoms with Crippen LogP contribution in [0.15, 0.2) is 29.3 Å². The lowest BCUT2D eigenvalue weighted by Gasteiger charge is -2.13. The molecule has 7 nitrogen and oxygen atoms in total. The zero-order chi connectivity index (χ0) is 19.1. The fraction of sp³-hybridized carbons (Fsp3) is 0.0714. The average molecular weight is 406 g/mol. The Balaban J connectivity index is 2.14. The normalized spacial score (nSPS) is 11.6. The van der Waals surface area contributed by atoms with Crippen LogP contribution in [0.2, 0.25) is 10.0 Å². The topological polar surface area (TPSA) is 110 Å². The van der Waals surface area contributed by atoms with Crippen molar-refractivity contribution in [3.63, 3.8) is 0 Å². The van der Waals surface area contributed by atoms with E-state index < -0.39 is 29.0 Å². The van der Waals surface area contributed by atoms with Crippen LogP contribution in [0.25, 0.3) is 11.5 Å². The number of nitrogen functional groups attached to an aromatic ring is 1. The molecule has 3 rings (SSSR count). The number of aromatic amines is 2. The maximum Gasteiger partial charge on any atom is 0.437 e. The van der Waals surface area contributed by atoms with Crippen molar-refractivity contribution in [3.8, 4) is 23.0 Å². The Kier molecular flexibility index (Phi) is 4.55. The van der Waals surface area contributed by atoms with Crippen LogP contribution in [-0.4, -0.2) is 19.9 Å². The van der Waals surface area contributed by atoms with Gasteiger partial charge in [0.1, 0.15) is 11.4 Å². The molecule has 0 aliphatic carbocycles. The second-order valence-corrected chi connectivity index (χ2v) is 5.75. The van der Waals surface area contributed by atoms with Gasteiger partial charge in [-0.25, -0.2) is 9.97 Å². The van der Waals surface area contributed by atoms with Gasteiger partial charge in [0.15, 0.2) is 17.3 Å². The molecule has 0 saturated carbocycles. The zero-order valence-corrected chi connectivity index (χ0v) is 14.0. The van der Waals surface area contributed by atoms with Crippen LogP contribution in [-0.2, 0) is 6.18 Å². The largest absolute Gasteiger partial charge is 0.449 e. The maximum absolute atomic E-state index is 13.4. The number of imidazole rings is 1. The average Bonchev–Trinajstić information content (AvgIpc) is 2.97. The highest BCUT2D eigenvalue weighted by molar-refractivity contribution is 6.42. The number of ether oxygens (including phenoxy) is 1. The number of aromatic nitrogens is 4. The number of benzene rings is 1. The van der Waals surface area contributed by atoms with E-state index in [0.29, 0.717) is 0 Å². The van der Waals surface area contributed by atoms with Crippen LogP contribution in [0.5, 0.6) is 11.5 Å². The number of H-pyrrole nitrogens is 2. The Morgan fingerprint density at radius 2 is 1.92 bits per heavy atom. The van der Waals surface area contributed by atoms with Crippen molar-refractivity contribution in [1.82, 2.24) is 19.9 Å². The van der Waals surface area contributed by atoms with Crippen LogP contribution in [0.1, 0.15) is 5.69 Å². The number of anilines is 1. The van der Waals surface area contributed by atoms with Crippen LogP contribution in [0.3, 0.4) is 0 Å². The summed E-state index contributed by atoms with van der Waals surface area (Å²) in [6, 6.07) is 3.74. The highest BCUT2D eigenvalue weighted by Crippen LogP contribution is 2.36. The highest BCUT2D eigenvalue weighted by Gasteiger charge is 2.39. The molecule has 0 atom stereocenters. The van der Waals surface area contributed by atoms with E-state index >= 15 is 0 Å². The van der Waals surface area contributed by atoms with Crippen LogP contribution in [0.4, 0.5) is 19.0 Å². The van der Waals surface area contributed by atoms with Gasteiger partial charge in [0.2, 0.25) is 5.75 Å². The van der Waals surface area contributed by atoms with Crippen LogP contribution in [0, 0.1) is 0 Å². The minimum absolute atomic E-state index is 0.0453. The standard InChI is InChI=1S/C14H8Cl2F3N5O2/c15-6-2-1-5(3-7(6)16)26-9-10(14(17,18)19)23-12(24-13(9)25)8-11(20)22-4-21-8/h1-4H,20H2,(H,21,22)(H,23,24,25). The van der Waals surface area contributed by atoms with E-state index in [2.05, 4.69) is 19.9 Å². The summed E-state index contributed by atoms with van der Waals surface area (Å²) >= 11 is 11.5. The number of nitrogens with one attached hydrogen (secondary N) is 2. The van der Waals surface area contributed by atoms with Crippen LogP contribution < -0.4 is 16.0 Å². The van der Waals surface area contributed by atoms with Gasteiger partial charge in [-0.05, 0) is 12.1 Å². The number of alkyl halides is 3. The van der Waals surface area contributed by atoms with E-state index in [1.54, 1.807) is 0 Å². The number of nitrogens with two attached hydrogens (primary N) is 1. The van der Waals surface area contributed by atoms with Gasteiger partial charge in [0.25, 0.3) is 5.56 Å². The second kappa shape index (κ2) is 6.54. The van der Waals surface area contributed by atoms with E-state index in [9.17, 15) is 18.0 Å². The van der Waals surface area contributed by atoms with Crippen molar-refractivity contribution < 1.29 is 17.9 Å². The van der Waals surface area contributed by atoms with Crippen molar-refractivity contribution in [2.45, 2.75) is 6.18 Å². The molecule has 136 valence electrons. The first-order chi connectivity index (χ1) is 12.2. The van der Waals surface area contributed by atoms with Gasteiger partial charge in [-0.15, -0.1) is 0 Å². The lowest BCUT2D eigenvalue weighted by atomic mass is 10.3. The van der Waals surface area contributed by atoms with Crippen molar-refractivity contribution in [2.75, 3.05) is 5.73 Å². The first-order valence-electron chi connectivity index (χ1n) is 6.80. The van der Waals surface area contributed by atoms with Gasteiger partial charge in [0, 0.05) is 6.07 Å². The summed E-state index contributed by atoms with van der Waals surface area (Å²) in [5.41, 5.74) is 2.77. The fourth-order valence-electron chi connectivity index (χ4n) is 2.02. The monoisotopic (exact) mass is 405 g/mol. The maximum atomic E-state index is 13.4. The fourth-order valence-corrected chi connectivity index (χ4v) is 2.31. The molecule has 0 fully saturated rings. The van der Waals surface area contributed by atoms with Gasteiger partial charge in [0.05, 0.1) is 16.4 Å². The van der Waals surface area contributed by atoms with E-state index in [-0.39, 0.29) is 27.3 Å². The Bertz CT molecular complexity index is 1030. The molecule has 0 saturated heterocycles. The molecule has 1 aromatic carbocycles. The molecule has 0 bridgehead atoms. The van der Waals surface area contributed by atoms with Gasteiger partial charge in [-0.2, -0.15) is 13.2 Å². The Hall–Kier alpha value is -2.72. The van der Waals surface area contributed by atoms with Crippen molar-refractivity contribution in [2.24, 2.45) is 0 Å². The number of hydrogen-bond acceptors (Lipinski definition) is 5. The molecule has 2 aromatic heterocycles. The van der Waals surface area contributed by atoms with E-state index in [1.807, 2.05) is 0 Å². The highest BCUT2D eigenvalue weighted by atomic mass is 35.5. The Morgan fingerprint density at radius 1 is 1.19 bits per heavy atom. The number of nitrogens with zero attached hydrogens (tertiary/aromatic N) is 2. The summed E-state index contributed by atoms with van der Waals surface area (Å²) in [5, 5.41) is 0.219. The molecule has 0 unspecified atom stereocenters.